The largest absolute Gasteiger partial charge is 0.306 e. The molecule has 23 heavy (non-hydrogen) atoms. The molecule has 1 aromatic carbocycles. The smallest absolute Gasteiger partial charge is 0.278 e. The van der Waals surface area contributed by atoms with Crippen molar-refractivity contribution in [2.75, 3.05) is 11.4 Å². The van der Waals surface area contributed by atoms with Gasteiger partial charge in [0.25, 0.3) is 5.91 Å². The van der Waals surface area contributed by atoms with Crippen molar-refractivity contribution < 1.29 is 4.79 Å². The number of carbonyl (C=O) groups is 1. The van der Waals surface area contributed by atoms with Gasteiger partial charge >= 0.3 is 0 Å². The molecule has 1 aliphatic heterocycles. The summed E-state index contributed by atoms with van der Waals surface area (Å²) in [5, 5.41) is 3.12. The lowest BCUT2D eigenvalue weighted by atomic mass is 10.1. The highest BCUT2D eigenvalue weighted by Gasteiger charge is 2.26. The molecule has 1 aliphatic rings. The predicted molar refractivity (Wildman–Crippen MR) is 89.7 cm³/mol. The summed E-state index contributed by atoms with van der Waals surface area (Å²) in [4.78, 5) is 27.0. The second-order valence-electron chi connectivity index (χ2n) is 5.39. The molecule has 114 valence electrons. The van der Waals surface area contributed by atoms with E-state index in [1.165, 1.54) is 18.0 Å². The normalized spacial score (nSPS) is 13.2. The van der Waals surface area contributed by atoms with Crippen molar-refractivity contribution in [3.8, 4) is 11.3 Å². The molecule has 0 fully saturated rings. The maximum absolute atomic E-state index is 12.6. The fourth-order valence-electron chi connectivity index (χ4n) is 2.82. The molecule has 0 aliphatic carbocycles. The van der Waals surface area contributed by atoms with Gasteiger partial charge in [0.1, 0.15) is 5.69 Å². The number of aromatic nitrogens is 3. The molecular weight excluding hydrogens is 308 g/mol. The molecule has 0 saturated carbocycles. The topological polar surface area (TPSA) is 59.0 Å². The van der Waals surface area contributed by atoms with Crippen molar-refractivity contribution in [2.45, 2.75) is 13.3 Å². The molecule has 3 heterocycles. The quantitative estimate of drug-likeness (QED) is 0.727. The van der Waals surface area contributed by atoms with Crippen LogP contribution in [-0.2, 0) is 6.42 Å². The fourth-order valence-corrected chi connectivity index (χ4v) is 3.44. The number of hydrogen-bond donors (Lipinski definition) is 0. The molecule has 0 spiro atoms. The van der Waals surface area contributed by atoms with Gasteiger partial charge in [-0.1, -0.05) is 6.07 Å². The average Bonchev–Trinajstić information content (AvgIpc) is 3.20. The average molecular weight is 322 g/mol. The summed E-state index contributed by atoms with van der Waals surface area (Å²) in [6, 6.07) is 6.16. The first kappa shape index (κ1) is 14.0. The van der Waals surface area contributed by atoms with E-state index in [0.29, 0.717) is 12.2 Å². The first-order valence-corrected chi connectivity index (χ1v) is 8.23. The summed E-state index contributed by atoms with van der Waals surface area (Å²) in [6.45, 7) is 2.67. The molecule has 0 atom stereocenters. The standard InChI is InChI=1S/C17H14N4OS/c1-11-20-15(10-23-11)12-2-3-16-13(8-12)4-7-21(16)17(22)14-9-18-5-6-19-14/h2-3,5-6,8-10H,4,7H2,1H3. The van der Waals surface area contributed by atoms with E-state index >= 15 is 0 Å². The summed E-state index contributed by atoms with van der Waals surface area (Å²) in [6.07, 6.45) is 5.46. The van der Waals surface area contributed by atoms with E-state index in [4.69, 9.17) is 0 Å². The zero-order valence-corrected chi connectivity index (χ0v) is 13.4. The molecule has 0 N–H and O–H groups in total. The monoisotopic (exact) mass is 322 g/mol. The second kappa shape index (κ2) is 5.55. The number of rotatable bonds is 2. The molecule has 0 unspecified atom stereocenters. The van der Waals surface area contributed by atoms with Gasteiger partial charge in [0, 0.05) is 35.6 Å². The number of anilines is 1. The van der Waals surface area contributed by atoms with Crippen molar-refractivity contribution in [3.63, 3.8) is 0 Å². The third-order valence-corrected chi connectivity index (χ3v) is 4.69. The molecule has 6 heteroatoms. The molecule has 0 bridgehead atoms. The minimum absolute atomic E-state index is 0.103. The summed E-state index contributed by atoms with van der Waals surface area (Å²) in [5.41, 5.74) is 4.59. The summed E-state index contributed by atoms with van der Waals surface area (Å²) < 4.78 is 0. The number of carbonyl (C=O) groups excluding carboxylic acids is 1. The number of fused-ring (bicyclic) bond motifs is 1. The molecule has 1 amide bonds. The fraction of sp³-hybridized carbons (Fsp3) is 0.176. The lowest BCUT2D eigenvalue weighted by molar-refractivity contribution is 0.0984. The van der Waals surface area contributed by atoms with Crippen molar-refractivity contribution >= 4 is 22.9 Å². The maximum Gasteiger partial charge on any atom is 0.278 e. The maximum atomic E-state index is 12.6. The Labute approximate surface area is 137 Å². The van der Waals surface area contributed by atoms with Gasteiger partial charge in [-0.05, 0) is 31.0 Å². The van der Waals surface area contributed by atoms with Crippen molar-refractivity contribution in [3.05, 3.63) is 58.4 Å². The van der Waals surface area contributed by atoms with Crippen LogP contribution >= 0.6 is 11.3 Å². The van der Waals surface area contributed by atoms with Gasteiger partial charge in [0.15, 0.2) is 0 Å². The van der Waals surface area contributed by atoms with Gasteiger partial charge in [0.05, 0.1) is 16.9 Å². The number of thiazole rings is 1. The Hall–Kier alpha value is -2.60. The molecule has 2 aromatic heterocycles. The Morgan fingerprint density at radius 3 is 2.96 bits per heavy atom. The van der Waals surface area contributed by atoms with Crippen LogP contribution < -0.4 is 4.90 Å². The Kier molecular flexibility index (Phi) is 3.38. The Morgan fingerprint density at radius 2 is 2.22 bits per heavy atom. The minimum Gasteiger partial charge on any atom is -0.306 e. The highest BCUT2D eigenvalue weighted by atomic mass is 32.1. The highest BCUT2D eigenvalue weighted by molar-refractivity contribution is 7.09. The zero-order valence-electron chi connectivity index (χ0n) is 12.6. The van der Waals surface area contributed by atoms with Gasteiger partial charge in [-0.3, -0.25) is 9.78 Å². The van der Waals surface area contributed by atoms with Crippen molar-refractivity contribution in [1.82, 2.24) is 15.0 Å². The van der Waals surface area contributed by atoms with E-state index < -0.39 is 0 Å². The number of benzene rings is 1. The van der Waals surface area contributed by atoms with Crippen LogP contribution in [0.5, 0.6) is 0 Å². The zero-order chi connectivity index (χ0) is 15.8. The Morgan fingerprint density at radius 1 is 1.30 bits per heavy atom. The Balaban J connectivity index is 1.66. The molecule has 4 rings (SSSR count). The molecule has 3 aromatic rings. The second-order valence-corrected chi connectivity index (χ2v) is 6.45. The third kappa shape index (κ3) is 2.51. The lowest BCUT2D eigenvalue weighted by Gasteiger charge is -2.16. The van der Waals surface area contributed by atoms with Crippen molar-refractivity contribution in [2.24, 2.45) is 0 Å². The van der Waals surface area contributed by atoms with Gasteiger partial charge in [-0.2, -0.15) is 0 Å². The van der Waals surface area contributed by atoms with Crippen LogP contribution in [0.4, 0.5) is 5.69 Å². The van der Waals surface area contributed by atoms with Crippen LogP contribution in [0.25, 0.3) is 11.3 Å². The predicted octanol–water partition coefficient (Wildman–Crippen LogP) is 3.11. The first-order chi connectivity index (χ1) is 11.2. The van der Waals surface area contributed by atoms with E-state index in [9.17, 15) is 4.79 Å². The minimum atomic E-state index is -0.103. The van der Waals surface area contributed by atoms with Gasteiger partial charge in [-0.25, -0.2) is 9.97 Å². The van der Waals surface area contributed by atoms with Gasteiger partial charge < -0.3 is 4.90 Å². The summed E-state index contributed by atoms with van der Waals surface area (Å²) in [5.74, 6) is -0.103. The summed E-state index contributed by atoms with van der Waals surface area (Å²) >= 11 is 1.64. The third-order valence-electron chi connectivity index (χ3n) is 3.92. The van der Waals surface area contributed by atoms with Crippen LogP contribution in [0.1, 0.15) is 21.1 Å². The van der Waals surface area contributed by atoms with Crippen molar-refractivity contribution in [1.29, 1.82) is 0 Å². The van der Waals surface area contributed by atoms with E-state index in [1.54, 1.807) is 22.4 Å². The highest BCUT2D eigenvalue weighted by Crippen LogP contribution is 2.33. The molecule has 0 radical (unpaired) electrons. The number of amides is 1. The van der Waals surface area contributed by atoms with Crippen LogP contribution in [0.2, 0.25) is 0 Å². The molecular formula is C17H14N4OS. The van der Waals surface area contributed by atoms with E-state index in [1.807, 2.05) is 19.1 Å². The molecule has 5 nitrogen and oxygen atoms in total. The van der Waals surface area contributed by atoms with Gasteiger partial charge in [0.2, 0.25) is 0 Å². The lowest BCUT2D eigenvalue weighted by Crippen LogP contribution is -2.29. The first-order valence-electron chi connectivity index (χ1n) is 7.36. The van der Waals surface area contributed by atoms with Crippen LogP contribution in [0.15, 0.2) is 42.2 Å². The Bertz CT molecular complexity index is 875. The van der Waals surface area contributed by atoms with Crippen LogP contribution in [0, 0.1) is 6.92 Å². The van der Waals surface area contributed by atoms with Crippen LogP contribution in [0.3, 0.4) is 0 Å². The molecule has 0 saturated heterocycles. The van der Waals surface area contributed by atoms with Gasteiger partial charge in [-0.15, -0.1) is 11.3 Å². The number of aryl methyl sites for hydroxylation is 1. The summed E-state index contributed by atoms with van der Waals surface area (Å²) in [7, 11) is 0. The van der Waals surface area contributed by atoms with E-state index in [0.717, 1.165) is 28.4 Å². The SMILES string of the molecule is Cc1nc(-c2ccc3c(c2)CCN3C(=O)c2cnccn2)cs1. The van der Waals surface area contributed by atoms with Crippen LogP contribution in [-0.4, -0.2) is 27.4 Å². The number of nitrogens with zero attached hydrogens (tertiary/aromatic N) is 4. The van der Waals surface area contributed by atoms with E-state index in [-0.39, 0.29) is 5.91 Å². The van der Waals surface area contributed by atoms with E-state index in [2.05, 4.69) is 26.4 Å². The number of hydrogen-bond acceptors (Lipinski definition) is 5.